The van der Waals surface area contributed by atoms with Gasteiger partial charge in [-0.3, -0.25) is 4.79 Å². The largest absolute Gasteiger partial charge is 0.342 e. The lowest BCUT2D eigenvalue weighted by atomic mass is 9.92. The Balaban J connectivity index is 1.40. The van der Waals surface area contributed by atoms with Gasteiger partial charge in [-0.15, -0.1) is 0 Å². The molecule has 29 heavy (non-hydrogen) atoms. The van der Waals surface area contributed by atoms with E-state index in [1.807, 2.05) is 59.5 Å². The van der Waals surface area contributed by atoms with Crippen molar-refractivity contribution >= 4 is 17.5 Å². The monoisotopic (exact) mass is 409 g/mol. The Morgan fingerprint density at radius 3 is 2.62 bits per heavy atom. The number of carbonyl (C=O) groups is 1. The van der Waals surface area contributed by atoms with E-state index in [1.165, 1.54) is 0 Å². The number of hydrogen-bond acceptors (Lipinski definition) is 4. The molecule has 2 heterocycles. The minimum absolute atomic E-state index is 0.0782. The van der Waals surface area contributed by atoms with Crippen LogP contribution in [0.15, 0.2) is 59.1 Å². The molecule has 3 aromatic rings. The smallest absolute Gasteiger partial charge is 0.230 e. The number of hydrogen-bond donors (Lipinski definition) is 0. The second kappa shape index (κ2) is 8.78. The van der Waals surface area contributed by atoms with Crippen LogP contribution in [0.3, 0.4) is 0 Å². The first-order valence-electron chi connectivity index (χ1n) is 10.1. The molecule has 150 valence electrons. The maximum atomic E-state index is 13.1. The fourth-order valence-electron chi connectivity index (χ4n) is 3.95. The highest BCUT2D eigenvalue weighted by Gasteiger charge is 2.31. The number of benzene rings is 2. The summed E-state index contributed by atoms with van der Waals surface area (Å²) in [4.78, 5) is 19.6. The van der Waals surface area contributed by atoms with Gasteiger partial charge in [0.25, 0.3) is 0 Å². The van der Waals surface area contributed by atoms with Crippen LogP contribution in [0.25, 0.3) is 11.4 Å². The van der Waals surface area contributed by atoms with Crippen LogP contribution in [0.2, 0.25) is 5.02 Å². The summed E-state index contributed by atoms with van der Waals surface area (Å²) in [6.45, 7) is 3.49. The molecule has 6 heteroatoms. The van der Waals surface area contributed by atoms with Crippen molar-refractivity contribution in [2.24, 2.45) is 0 Å². The van der Waals surface area contributed by atoms with Gasteiger partial charge >= 0.3 is 0 Å². The molecular weight excluding hydrogens is 386 g/mol. The van der Waals surface area contributed by atoms with Gasteiger partial charge in [0.1, 0.15) is 0 Å². The van der Waals surface area contributed by atoms with Crippen LogP contribution in [0.1, 0.15) is 49.5 Å². The van der Waals surface area contributed by atoms with E-state index >= 15 is 0 Å². The molecule has 0 bridgehead atoms. The van der Waals surface area contributed by atoms with Gasteiger partial charge in [0.2, 0.25) is 17.6 Å². The van der Waals surface area contributed by atoms with Crippen LogP contribution >= 0.6 is 11.6 Å². The predicted octanol–water partition coefficient (Wildman–Crippen LogP) is 5.29. The Morgan fingerprint density at radius 2 is 1.93 bits per heavy atom. The summed E-state index contributed by atoms with van der Waals surface area (Å²) in [7, 11) is 0. The quantitative estimate of drug-likeness (QED) is 0.574. The third kappa shape index (κ3) is 4.35. The van der Waals surface area contributed by atoms with Gasteiger partial charge < -0.3 is 9.42 Å². The average molecular weight is 410 g/mol. The van der Waals surface area contributed by atoms with Gasteiger partial charge in [-0.1, -0.05) is 66.1 Å². The van der Waals surface area contributed by atoms with Crippen molar-refractivity contribution in [3.05, 3.63) is 71.1 Å². The molecule has 1 aliphatic rings. The molecule has 0 aliphatic carbocycles. The van der Waals surface area contributed by atoms with E-state index in [0.717, 1.165) is 30.4 Å². The lowest BCUT2D eigenvalue weighted by molar-refractivity contribution is -0.134. The molecular formula is C23H24ClN3O2. The van der Waals surface area contributed by atoms with E-state index in [9.17, 15) is 4.79 Å². The van der Waals surface area contributed by atoms with Gasteiger partial charge in [-0.2, -0.15) is 4.98 Å². The van der Waals surface area contributed by atoms with Crippen LogP contribution in [0.5, 0.6) is 0 Å². The topological polar surface area (TPSA) is 59.2 Å². The number of halogens is 1. The summed E-state index contributed by atoms with van der Waals surface area (Å²) in [6, 6.07) is 17.5. The zero-order valence-corrected chi connectivity index (χ0v) is 17.2. The summed E-state index contributed by atoms with van der Waals surface area (Å²) < 4.78 is 5.52. The second-order valence-corrected chi connectivity index (χ2v) is 7.87. The molecule has 1 unspecified atom stereocenters. The Labute approximate surface area is 175 Å². The molecule has 0 N–H and O–H groups in total. The minimum Gasteiger partial charge on any atom is -0.342 e. The standard InChI is InChI=1S/C23H24ClN3O2/c1-2-20(16-7-4-3-5-8-16)23(28)27-13-11-17(12-14-27)22-25-21(26-29-22)18-9-6-10-19(24)15-18/h3-10,15,17,20H,2,11-14H2,1H3. The van der Waals surface area contributed by atoms with Crippen LogP contribution in [0, 0.1) is 0 Å². The Kier molecular flexibility index (Phi) is 5.95. The van der Waals surface area contributed by atoms with Crippen molar-refractivity contribution < 1.29 is 9.32 Å². The molecule has 1 atom stereocenters. The maximum absolute atomic E-state index is 13.1. The number of rotatable bonds is 5. The van der Waals surface area contributed by atoms with E-state index in [4.69, 9.17) is 16.1 Å². The molecule has 0 saturated carbocycles. The Morgan fingerprint density at radius 1 is 1.17 bits per heavy atom. The number of likely N-dealkylation sites (tertiary alicyclic amines) is 1. The summed E-state index contributed by atoms with van der Waals surface area (Å²) >= 11 is 6.05. The van der Waals surface area contributed by atoms with Crippen molar-refractivity contribution in [3.63, 3.8) is 0 Å². The number of amides is 1. The van der Waals surface area contributed by atoms with Gasteiger partial charge in [-0.05, 0) is 37.0 Å². The van der Waals surface area contributed by atoms with E-state index in [1.54, 1.807) is 0 Å². The van der Waals surface area contributed by atoms with E-state index in [-0.39, 0.29) is 17.7 Å². The molecule has 0 radical (unpaired) electrons. The second-order valence-electron chi connectivity index (χ2n) is 7.44. The van der Waals surface area contributed by atoms with Crippen LogP contribution < -0.4 is 0 Å². The molecule has 1 saturated heterocycles. The van der Waals surface area contributed by atoms with E-state index < -0.39 is 0 Å². The SMILES string of the molecule is CCC(C(=O)N1CCC(c2nc(-c3cccc(Cl)c3)no2)CC1)c1ccccc1. The summed E-state index contributed by atoms with van der Waals surface area (Å²) in [5.74, 6) is 1.50. The van der Waals surface area contributed by atoms with Gasteiger partial charge in [-0.25, -0.2) is 0 Å². The molecule has 1 aliphatic heterocycles. The van der Waals surface area contributed by atoms with Crippen LogP contribution in [-0.2, 0) is 4.79 Å². The first-order chi connectivity index (χ1) is 14.2. The number of piperidine rings is 1. The van der Waals surface area contributed by atoms with E-state index in [0.29, 0.717) is 29.8 Å². The predicted molar refractivity (Wildman–Crippen MR) is 113 cm³/mol. The van der Waals surface area contributed by atoms with Crippen LogP contribution in [-0.4, -0.2) is 34.0 Å². The maximum Gasteiger partial charge on any atom is 0.230 e. The van der Waals surface area contributed by atoms with Gasteiger partial charge in [0.05, 0.1) is 5.92 Å². The van der Waals surface area contributed by atoms with E-state index in [2.05, 4.69) is 17.1 Å². The molecule has 2 aromatic carbocycles. The number of nitrogens with zero attached hydrogens (tertiary/aromatic N) is 3. The van der Waals surface area contributed by atoms with Crippen molar-refractivity contribution in [2.45, 2.75) is 38.0 Å². The van der Waals surface area contributed by atoms with Gasteiger partial charge in [0.15, 0.2) is 0 Å². The highest BCUT2D eigenvalue weighted by Crippen LogP contribution is 2.31. The first-order valence-corrected chi connectivity index (χ1v) is 10.5. The summed E-state index contributed by atoms with van der Waals surface area (Å²) in [5.41, 5.74) is 1.93. The van der Waals surface area contributed by atoms with Crippen molar-refractivity contribution in [3.8, 4) is 11.4 Å². The number of carbonyl (C=O) groups excluding carboxylic acids is 1. The third-order valence-electron chi connectivity index (χ3n) is 5.59. The van der Waals surface area contributed by atoms with Crippen molar-refractivity contribution in [1.29, 1.82) is 0 Å². The fourth-order valence-corrected chi connectivity index (χ4v) is 4.14. The van der Waals surface area contributed by atoms with Gasteiger partial charge in [0, 0.05) is 29.6 Å². The lowest BCUT2D eigenvalue weighted by Crippen LogP contribution is -2.40. The minimum atomic E-state index is -0.0782. The highest BCUT2D eigenvalue weighted by atomic mass is 35.5. The van der Waals surface area contributed by atoms with Crippen molar-refractivity contribution in [1.82, 2.24) is 15.0 Å². The molecule has 0 spiro atoms. The first kappa shape index (κ1) is 19.6. The Hall–Kier alpha value is -2.66. The zero-order chi connectivity index (χ0) is 20.2. The normalized spacial score (nSPS) is 16.0. The molecule has 5 nitrogen and oxygen atoms in total. The summed E-state index contributed by atoms with van der Waals surface area (Å²) in [6.07, 6.45) is 2.46. The third-order valence-corrected chi connectivity index (χ3v) is 5.82. The Bertz CT molecular complexity index is 965. The highest BCUT2D eigenvalue weighted by molar-refractivity contribution is 6.30. The lowest BCUT2D eigenvalue weighted by Gasteiger charge is -2.33. The molecule has 1 aromatic heterocycles. The zero-order valence-electron chi connectivity index (χ0n) is 16.4. The molecule has 1 fully saturated rings. The van der Waals surface area contributed by atoms with Crippen molar-refractivity contribution in [2.75, 3.05) is 13.1 Å². The summed E-state index contributed by atoms with van der Waals surface area (Å²) in [5, 5.41) is 4.76. The molecule has 4 rings (SSSR count). The van der Waals surface area contributed by atoms with Crippen LogP contribution in [0.4, 0.5) is 0 Å². The average Bonchev–Trinajstić information content (AvgIpc) is 3.25. The molecule has 1 amide bonds. The number of aromatic nitrogens is 2. The fraction of sp³-hybridized carbons (Fsp3) is 0.348.